The van der Waals surface area contributed by atoms with Crippen molar-refractivity contribution in [1.82, 2.24) is 25.1 Å². The SMILES string of the molecule is CN(C)C1CCC(c2[nH]nc(-c3ccccc3)c2-c2ccncn2)CC1. The Morgan fingerprint density at radius 2 is 1.77 bits per heavy atom. The van der Waals surface area contributed by atoms with Crippen molar-refractivity contribution in [2.45, 2.75) is 37.6 Å². The van der Waals surface area contributed by atoms with E-state index in [-0.39, 0.29) is 0 Å². The second-order valence-electron chi connectivity index (χ2n) is 7.29. The van der Waals surface area contributed by atoms with Gasteiger partial charge in [-0.05, 0) is 45.8 Å². The second-order valence-corrected chi connectivity index (χ2v) is 7.29. The van der Waals surface area contributed by atoms with Crippen molar-refractivity contribution in [3.8, 4) is 22.5 Å². The molecule has 0 radical (unpaired) electrons. The van der Waals surface area contributed by atoms with Gasteiger partial charge in [0.05, 0.1) is 5.69 Å². The van der Waals surface area contributed by atoms with Crippen molar-refractivity contribution in [3.63, 3.8) is 0 Å². The number of benzene rings is 1. The number of H-pyrrole nitrogens is 1. The summed E-state index contributed by atoms with van der Waals surface area (Å²) in [4.78, 5) is 11.0. The first-order valence-electron chi connectivity index (χ1n) is 9.30. The monoisotopic (exact) mass is 347 g/mol. The Hall–Kier alpha value is -2.53. The average Bonchev–Trinajstić information content (AvgIpc) is 3.14. The molecule has 2 aromatic heterocycles. The van der Waals surface area contributed by atoms with Gasteiger partial charge in [-0.15, -0.1) is 0 Å². The van der Waals surface area contributed by atoms with E-state index in [1.165, 1.54) is 31.4 Å². The summed E-state index contributed by atoms with van der Waals surface area (Å²) in [6.45, 7) is 0. The highest BCUT2D eigenvalue weighted by molar-refractivity contribution is 5.81. The molecule has 0 unspecified atom stereocenters. The Morgan fingerprint density at radius 1 is 1.00 bits per heavy atom. The van der Waals surface area contributed by atoms with E-state index >= 15 is 0 Å². The first kappa shape index (κ1) is 16.9. The van der Waals surface area contributed by atoms with E-state index in [0.29, 0.717) is 12.0 Å². The summed E-state index contributed by atoms with van der Waals surface area (Å²) in [6, 6.07) is 13.0. The van der Waals surface area contributed by atoms with Crippen molar-refractivity contribution < 1.29 is 0 Å². The largest absolute Gasteiger partial charge is 0.306 e. The highest BCUT2D eigenvalue weighted by atomic mass is 15.1. The Balaban J connectivity index is 1.73. The van der Waals surface area contributed by atoms with E-state index in [1.54, 1.807) is 12.5 Å². The Morgan fingerprint density at radius 3 is 2.42 bits per heavy atom. The summed E-state index contributed by atoms with van der Waals surface area (Å²) in [5, 5.41) is 8.06. The van der Waals surface area contributed by atoms with Gasteiger partial charge < -0.3 is 4.90 Å². The fraction of sp³-hybridized carbons (Fsp3) is 0.381. The number of nitrogens with zero attached hydrogens (tertiary/aromatic N) is 4. The molecule has 1 aliphatic carbocycles. The number of aromatic amines is 1. The van der Waals surface area contributed by atoms with Crippen LogP contribution < -0.4 is 0 Å². The summed E-state index contributed by atoms with van der Waals surface area (Å²) in [5.41, 5.74) is 5.39. The van der Waals surface area contributed by atoms with Crippen LogP contribution in [-0.4, -0.2) is 45.2 Å². The minimum absolute atomic E-state index is 0.501. The summed E-state index contributed by atoms with van der Waals surface area (Å²) >= 11 is 0. The predicted molar refractivity (Wildman–Crippen MR) is 104 cm³/mol. The van der Waals surface area contributed by atoms with Crippen molar-refractivity contribution in [2.24, 2.45) is 0 Å². The van der Waals surface area contributed by atoms with Crippen molar-refractivity contribution in [2.75, 3.05) is 14.1 Å². The molecule has 0 saturated heterocycles. The minimum Gasteiger partial charge on any atom is -0.306 e. The third kappa shape index (κ3) is 3.27. The Bertz CT molecular complexity index is 833. The number of rotatable bonds is 4. The zero-order valence-corrected chi connectivity index (χ0v) is 15.4. The van der Waals surface area contributed by atoms with Crippen LogP contribution in [0.15, 0.2) is 48.9 Å². The molecule has 0 spiro atoms. The van der Waals surface area contributed by atoms with Gasteiger partial charge >= 0.3 is 0 Å². The molecule has 1 saturated carbocycles. The quantitative estimate of drug-likeness (QED) is 0.771. The van der Waals surface area contributed by atoms with Gasteiger partial charge in [0.1, 0.15) is 12.0 Å². The normalized spacial score (nSPS) is 20.4. The van der Waals surface area contributed by atoms with Crippen molar-refractivity contribution in [3.05, 3.63) is 54.6 Å². The molecule has 26 heavy (non-hydrogen) atoms. The smallest absolute Gasteiger partial charge is 0.116 e. The molecule has 0 aliphatic heterocycles. The summed E-state index contributed by atoms with van der Waals surface area (Å²) in [6.07, 6.45) is 8.22. The van der Waals surface area contributed by atoms with Gasteiger partial charge in [-0.2, -0.15) is 5.10 Å². The summed E-state index contributed by atoms with van der Waals surface area (Å²) in [5.74, 6) is 0.501. The van der Waals surface area contributed by atoms with Crippen LogP contribution in [0.5, 0.6) is 0 Å². The number of nitrogens with one attached hydrogen (secondary N) is 1. The van der Waals surface area contributed by atoms with Crippen LogP contribution in [0.3, 0.4) is 0 Å². The summed E-state index contributed by atoms with van der Waals surface area (Å²) in [7, 11) is 4.36. The highest BCUT2D eigenvalue weighted by Crippen LogP contribution is 2.41. The summed E-state index contributed by atoms with van der Waals surface area (Å²) < 4.78 is 0. The first-order chi connectivity index (χ1) is 12.7. The Labute approximate surface area is 154 Å². The zero-order valence-electron chi connectivity index (χ0n) is 15.4. The molecule has 1 fully saturated rings. The van der Waals surface area contributed by atoms with Gasteiger partial charge in [-0.3, -0.25) is 5.10 Å². The van der Waals surface area contributed by atoms with Gasteiger partial charge in [0.25, 0.3) is 0 Å². The van der Waals surface area contributed by atoms with Crippen LogP contribution in [0.1, 0.15) is 37.3 Å². The molecule has 3 aromatic rings. The lowest BCUT2D eigenvalue weighted by molar-refractivity contribution is 0.215. The standard InChI is InChI=1S/C21H25N5/c1-26(2)17-10-8-16(9-11-17)21-19(18-12-13-22-14-23-18)20(24-25-21)15-6-4-3-5-7-15/h3-7,12-14,16-17H,8-11H2,1-2H3,(H,24,25). The maximum Gasteiger partial charge on any atom is 0.116 e. The van der Waals surface area contributed by atoms with E-state index in [9.17, 15) is 0 Å². The topological polar surface area (TPSA) is 57.7 Å². The molecule has 0 atom stereocenters. The van der Waals surface area contributed by atoms with Gasteiger partial charge in [-0.25, -0.2) is 9.97 Å². The number of hydrogen-bond donors (Lipinski definition) is 1. The van der Waals surface area contributed by atoms with Crippen LogP contribution in [0, 0.1) is 0 Å². The van der Waals surface area contributed by atoms with Crippen LogP contribution in [-0.2, 0) is 0 Å². The maximum absolute atomic E-state index is 4.70. The third-order valence-electron chi connectivity index (χ3n) is 5.51. The first-order valence-corrected chi connectivity index (χ1v) is 9.30. The molecule has 2 heterocycles. The van der Waals surface area contributed by atoms with E-state index in [1.807, 2.05) is 12.1 Å². The molecular weight excluding hydrogens is 322 g/mol. The zero-order chi connectivity index (χ0) is 17.9. The fourth-order valence-corrected chi connectivity index (χ4v) is 4.03. The molecule has 5 heteroatoms. The lowest BCUT2D eigenvalue weighted by Gasteiger charge is -2.32. The molecule has 5 nitrogen and oxygen atoms in total. The molecule has 1 N–H and O–H groups in total. The van der Waals surface area contributed by atoms with E-state index in [4.69, 9.17) is 5.10 Å². The van der Waals surface area contributed by atoms with Gasteiger partial charge in [0, 0.05) is 35.0 Å². The van der Waals surface area contributed by atoms with E-state index < -0.39 is 0 Å². The van der Waals surface area contributed by atoms with Gasteiger partial charge in [-0.1, -0.05) is 30.3 Å². The van der Waals surface area contributed by atoms with Crippen LogP contribution in [0.4, 0.5) is 0 Å². The average molecular weight is 347 g/mol. The molecule has 4 rings (SSSR count). The number of aromatic nitrogens is 4. The Kier molecular flexibility index (Phi) is 4.80. The minimum atomic E-state index is 0.501. The van der Waals surface area contributed by atoms with Crippen LogP contribution in [0.25, 0.3) is 22.5 Å². The van der Waals surface area contributed by atoms with E-state index in [2.05, 4.69) is 58.3 Å². The lowest BCUT2D eigenvalue weighted by atomic mass is 9.81. The third-order valence-corrected chi connectivity index (χ3v) is 5.51. The highest BCUT2D eigenvalue weighted by Gasteiger charge is 2.29. The van der Waals surface area contributed by atoms with Crippen molar-refractivity contribution in [1.29, 1.82) is 0 Å². The van der Waals surface area contributed by atoms with Gasteiger partial charge in [0.15, 0.2) is 0 Å². The van der Waals surface area contributed by atoms with Crippen LogP contribution >= 0.6 is 0 Å². The molecule has 1 aliphatic rings. The van der Waals surface area contributed by atoms with E-state index in [0.717, 1.165) is 22.5 Å². The van der Waals surface area contributed by atoms with Gasteiger partial charge in [0.2, 0.25) is 0 Å². The predicted octanol–water partition coefficient (Wildman–Crippen LogP) is 4.12. The fourth-order valence-electron chi connectivity index (χ4n) is 4.03. The van der Waals surface area contributed by atoms with Crippen LogP contribution in [0.2, 0.25) is 0 Å². The number of hydrogen-bond acceptors (Lipinski definition) is 4. The molecule has 0 bridgehead atoms. The lowest BCUT2D eigenvalue weighted by Crippen LogP contribution is -2.31. The molecule has 0 amide bonds. The maximum atomic E-state index is 4.70. The molecule has 134 valence electrons. The van der Waals surface area contributed by atoms with Crippen molar-refractivity contribution >= 4 is 0 Å². The molecular formula is C21H25N5. The molecule has 1 aromatic carbocycles. The second kappa shape index (κ2) is 7.38.